The van der Waals surface area contributed by atoms with E-state index in [0.717, 1.165) is 16.5 Å². The molecular formula is C22H24N4O3S2. The minimum absolute atomic E-state index is 0.0302. The van der Waals surface area contributed by atoms with Gasteiger partial charge in [-0.2, -0.15) is 0 Å². The number of aromatic nitrogens is 1. The van der Waals surface area contributed by atoms with Crippen molar-refractivity contribution in [2.45, 2.75) is 23.5 Å². The molecule has 2 heterocycles. The van der Waals surface area contributed by atoms with Crippen LogP contribution in [0.25, 0.3) is 10.9 Å². The Morgan fingerprint density at radius 1 is 1.23 bits per heavy atom. The monoisotopic (exact) mass is 456 g/mol. The van der Waals surface area contributed by atoms with Crippen LogP contribution in [0.4, 0.5) is 5.69 Å². The van der Waals surface area contributed by atoms with Crippen molar-refractivity contribution in [3.05, 3.63) is 60.3 Å². The zero-order chi connectivity index (χ0) is 22.2. The van der Waals surface area contributed by atoms with Crippen molar-refractivity contribution in [2.75, 3.05) is 20.6 Å². The normalized spacial score (nSPS) is 18.4. The van der Waals surface area contributed by atoms with Crippen LogP contribution in [0.15, 0.2) is 64.6 Å². The molecule has 1 atom stereocenters. The summed E-state index contributed by atoms with van der Waals surface area (Å²) in [6.07, 6.45) is 2.15. The van der Waals surface area contributed by atoms with Crippen molar-refractivity contribution in [3.8, 4) is 0 Å². The first kappa shape index (κ1) is 21.6. The maximum atomic E-state index is 13.1. The molecule has 2 aromatic carbocycles. The number of nitrogens with zero attached hydrogens (tertiary/aromatic N) is 3. The first-order chi connectivity index (χ1) is 14.8. The molecule has 1 fully saturated rings. The molecule has 7 nitrogen and oxygen atoms in total. The Balaban J connectivity index is 1.61. The lowest BCUT2D eigenvalue weighted by molar-refractivity contribution is -0.126. The van der Waals surface area contributed by atoms with E-state index >= 15 is 0 Å². The van der Waals surface area contributed by atoms with Gasteiger partial charge in [0.1, 0.15) is 0 Å². The average molecular weight is 457 g/mol. The van der Waals surface area contributed by atoms with Gasteiger partial charge in [-0.05, 0) is 29.8 Å². The Morgan fingerprint density at radius 3 is 2.77 bits per heavy atom. The molecule has 0 bridgehead atoms. The summed E-state index contributed by atoms with van der Waals surface area (Å²) in [5.74, 6) is -0.0302. The number of para-hydroxylation sites is 1. The number of nitrogens with one attached hydrogen (secondary N) is 1. The number of rotatable bonds is 5. The molecule has 162 valence electrons. The van der Waals surface area contributed by atoms with Crippen LogP contribution in [0.2, 0.25) is 0 Å². The highest BCUT2D eigenvalue weighted by Gasteiger charge is 2.31. The van der Waals surface area contributed by atoms with E-state index in [1.165, 1.54) is 36.2 Å². The van der Waals surface area contributed by atoms with Crippen LogP contribution in [0.3, 0.4) is 0 Å². The summed E-state index contributed by atoms with van der Waals surface area (Å²) in [5.41, 5.74) is 2.45. The van der Waals surface area contributed by atoms with E-state index in [0.29, 0.717) is 17.4 Å². The number of aliphatic imine (C=N–C) groups is 1. The standard InChI is InChI=1S/C22H24N4O3S2/c1-15-14-26(21(27)11-16-13-23-20-10-5-4-9-19(16)20)22(30-15)24-17-7-6-8-18(12-17)31(28,29)25(2)3/h4-10,12-13,15,23H,11,14H2,1-3H3. The van der Waals surface area contributed by atoms with Crippen molar-refractivity contribution >= 4 is 49.5 Å². The molecule has 0 aliphatic carbocycles. The number of hydrogen-bond donors (Lipinski definition) is 1. The highest BCUT2D eigenvalue weighted by Crippen LogP contribution is 2.30. The van der Waals surface area contributed by atoms with E-state index in [1.54, 1.807) is 23.1 Å². The number of amidine groups is 1. The quantitative estimate of drug-likeness (QED) is 0.636. The summed E-state index contributed by atoms with van der Waals surface area (Å²) in [5, 5.41) is 1.84. The van der Waals surface area contributed by atoms with Crippen molar-refractivity contribution in [3.63, 3.8) is 0 Å². The summed E-state index contributed by atoms with van der Waals surface area (Å²) in [7, 11) is -0.568. The van der Waals surface area contributed by atoms with Gasteiger partial charge in [-0.15, -0.1) is 0 Å². The highest BCUT2D eigenvalue weighted by molar-refractivity contribution is 8.14. The number of amides is 1. The van der Waals surface area contributed by atoms with Gasteiger partial charge in [0.25, 0.3) is 0 Å². The molecule has 1 amide bonds. The van der Waals surface area contributed by atoms with E-state index in [4.69, 9.17) is 0 Å². The molecule has 0 spiro atoms. The molecule has 4 rings (SSSR count). The van der Waals surface area contributed by atoms with Crippen LogP contribution < -0.4 is 0 Å². The number of carbonyl (C=O) groups is 1. The molecule has 1 unspecified atom stereocenters. The number of thioether (sulfide) groups is 1. The number of fused-ring (bicyclic) bond motifs is 1. The molecule has 31 heavy (non-hydrogen) atoms. The van der Waals surface area contributed by atoms with E-state index in [2.05, 4.69) is 9.98 Å². The predicted octanol–water partition coefficient (Wildman–Crippen LogP) is 3.61. The van der Waals surface area contributed by atoms with Crippen LogP contribution in [-0.4, -0.2) is 59.6 Å². The fraction of sp³-hybridized carbons (Fsp3) is 0.273. The molecule has 0 radical (unpaired) electrons. The average Bonchev–Trinajstić information content (AvgIpc) is 3.31. The minimum atomic E-state index is -3.56. The van der Waals surface area contributed by atoms with Gasteiger partial charge >= 0.3 is 0 Å². The Morgan fingerprint density at radius 2 is 2.00 bits per heavy atom. The fourth-order valence-electron chi connectivity index (χ4n) is 3.48. The number of aromatic amines is 1. The summed E-state index contributed by atoms with van der Waals surface area (Å²) in [6, 6.07) is 14.4. The first-order valence-electron chi connectivity index (χ1n) is 9.89. The van der Waals surface area contributed by atoms with Crippen LogP contribution >= 0.6 is 11.8 Å². The number of H-pyrrole nitrogens is 1. The van der Waals surface area contributed by atoms with Gasteiger partial charge in [-0.3, -0.25) is 9.69 Å². The second-order valence-electron chi connectivity index (χ2n) is 7.65. The van der Waals surface area contributed by atoms with Gasteiger partial charge < -0.3 is 4.98 Å². The second kappa shape index (κ2) is 8.49. The summed E-state index contributed by atoms with van der Waals surface area (Å²) < 4.78 is 26.0. The lowest BCUT2D eigenvalue weighted by atomic mass is 10.1. The second-order valence-corrected chi connectivity index (χ2v) is 11.2. The Labute approximate surface area is 186 Å². The lowest BCUT2D eigenvalue weighted by Crippen LogP contribution is -2.33. The van der Waals surface area contributed by atoms with Gasteiger partial charge in [-0.25, -0.2) is 17.7 Å². The molecule has 1 aliphatic rings. The molecule has 0 saturated carbocycles. The third-order valence-electron chi connectivity index (χ3n) is 5.12. The topological polar surface area (TPSA) is 85.8 Å². The van der Waals surface area contributed by atoms with Gasteiger partial charge in [0.05, 0.1) is 17.0 Å². The minimum Gasteiger partial charge on any atom is -0.361 e. The Bertz CT molecular complexity index is 1260. The van der Waals surface area contributed by atoms with E-state index in [-0.39, 0.29) is 22.5 Å². The SMILES string of the molecule is CC1CN(C(=O)Cc2c[nH]c3ccccc23)C(=Nc2cccc(S(=O)(=O)N(C)C)c2)S1. The van der Waals surface area contributed by atoms with E-state index < -0.39 is 10.0 Å². The predicted molar refractivity (Wildman–Crippen MR) is 125 cm³/mol. The van der Waals surface area contributed by atoms with Crippen LogP contribution in [0.1, 0.15) is 12.5 Å². The van der Waals surface area contributed by atoms with Crippen molar-refractivity contribution in [1.29, 1.82) is 0 Å². The fourth-order valence-corrected chi connectivity index (χ4v) is 5.47. The van der Waals surface area contributed by atoms with Crippen LogP contribution in [-0.2, 0) is 21.2 Å². The molecule has 9 heteroatoms. The maximum Gasteiger partial charge on any atom is 0.242 e. The lowest BCUT2D eigenvalue weighted by Gasteiger charge is -2.16. The number of carbonyl (C=O) groups excluding carboxylic acids is 1. The van der Waals surface area contributed by atoms with Crippen molar-refractivity contribution < 1.29 is 13.2 Å². The maximum absolute atomic E-state index is 13.1. The molecule has 3 aromatic rings. The molecule has 1 aliphatic heterocycles. The van der Waals surface area contributed by atoms with Crippen molar-refractivity contribution in [2.24, 2.45) is 4.99 Å². The molecule has 1 saturated heterocycles. The first-order valence-corrected chi connectivity index (χ1v) is 12.2. The third kappa shape index (κ3) is 4.39. The molecular weight excluding hydrogens is 432 g/mol. The third-order valence-corrected chi connectivity index (χ3v) is 8.00. The molecule has 1 aromatic heterocycles. The summed E-state index contributed by atoms with van der Waals surface area (Å²) >= 11 is 1.52. The zero-order valence-electron chi connectivity index (χ0n) is 17.6. The number of sulfonamides is 1. The number of benzene rings is 2. The summed E-state index contributed by atoms with van der Waals surface area (Å²) in [6.45, 7) is 2.62. The highest BCUT2D eigenvalue weighted by atomic mass is 32.2. The zero-order valence-corrected chi connectivity index (χ0v) is 19.2. The van der Waals surface area contributed by atoms with E-state index in [9.17, 15) is 13.2 Å². The van der Waals surface area contributed by atoms with Gasteiger partial charge in [0, 0.05) is 43.0 Å². The Kier molecular flexibility index (Phi) is 5.92. The number of hydrogen-bond acceptors (Lipinski definition) is 5. The summed E-state index contributed by atoms with van der Waals surface area (Å²) in [4.78, 5) is 22.8. The van der Waals surface area contributed by atoms with Gasteiger partial charge in [0.2, 0.25) is 15.9 Å². The van der Waals surface area contributed by atoms with Gasteiger partial charge in [0.15, 0.2) is 5.17 Å². The van der Waals surface area contributed by atoms with E-state index in [1.807, 2.05) is 37.4 Å². The largest absolute Gasteiger partial charge is 0.361 e. The van der Waals surface area contributed by atoms with Crippen LogP contribution in [0.5, 0.6) is 0 Å². The van der Waals surface area contributed by atoms with Gasteiger partial charge in [-0.1, -0.05) is 43.0 Å². The smallest absolute Gasteiger partial charge is 0.242 e. The molecule has 1 N–H and O–H groups in total. The van der Waals surface area contributed by atoms with Crippen molar-refractivity contribution in [1.82, 2.24) is 14.2 Å². The Hall–Kier alpha value is -2.62. The van der Waals surface area contributed by atoms with Crippen LogP contribution in [0, 0.1) is 0 Å².